The summed E-state index contributed by atoms with van der Waals surface area (Å²) in [5.41, 5.74) is 0. The van der Waals surface area contributed by atoms with Crippen molar-refractivity contribution in [2.24, 2.45) is 0 Å². The molecule has 26 heavy (non-hydrogen) atoms. The first-order chi connectivity index (χ1) is 12.4. The molecule has 0 unspecified atom stereocenters. The number of carboxylic acid groups (broad SMARTS) is 1. The molecule has 0 radical (unpaired) electrons. The summed E-state index contributed by atoms with van der Waals surface area (Å²) in [4.78, 5) is 10.5. The number of aliphatic carboxylic acids is 1. The van der Waals surface area contributed by atoms with E-state index in [-0.39, 0.29) is 6.42 Å². The van der Waals surface area contributed by atoms with Gasteiger partial charge in [0.1, 0.15) is 6.10 Å². The molecule has 150 valence electrons. The molecule has 6 heteroatoms. The molecule has 1 rings (SSSR count). The van der Waals surface area contributed by atoms with E-state index in [1.54, 1.807) is 12.2 Å². The van der Waals surface area contributed by atoms with Gasteiger partial charge in [0.25, 0.3) is 0 Å². The SMILES string of the molecule is CCCCC/C=C\C[C@H](O)/C=C/[C@H]1O[C@@H]([C@H](O)CCCC(=O)O)C[C@H]1O. The highest BCUT2D eigenvalue weighted by Crippen LogP contribution is 2.26. The van der Waals surface area contributed by atoms with Crippen molar-refractivity contribution in [2.75, 3.05) is 0 Å². The van der Waals surface area contributed by atoms with Crippen LogP contribution in [0.5, 0.6) is 0 Å². The second kappa shape index (κ2) is 13.0. The number of rotatable bonds is 13. The molecule has 0 aromatic heterocycles. The molecule has 0 bridgehead atoms. The van der Waals surface area contributed by atoms with E-state index in [0.29, 0.717) is 25.7 Å². The maximum Gasteiger partial charge on any atom is 0.303 e. The summed E-state index contributed by atoms with van der Waals surface area (Å²) in [5, 5.41) is 38.7. The summed E-state index contributed by atoms with van der Waals surface area (Å²) in [5.74, 6) is -0.890. The molecule has 1 aliphatic heterocycles. The number of ether oxygens (including phenoxy) is 1. The Morgan fingerprint density at radius 2 is 2.00 bits per heavy atom. The van der Waals surface area contributed by atoms with Gasteiger partial charge in [-0.15, -0.1) is 0 Å². The first-order valence-corrected chi connectivity index (χ1v) is 9.68. The number of hydrogen-bond acceptors (Lipinski definition) is 5. The van der Waals surface area contributed by atoms with Crippen LogP contribution in [0.4, 0.5) is 0 Å². The third kappa shape index (κ3) is 9.48. The van der Waals surface area contributed by atoms with Gasteiger partial charge < -0.3 is 25.2 Å². The second-order valence-electron chi connectivity index (χ2n) is 6.95. The van der Waals surface area contributed by atoms with Crippen molar-refractivity contribution in [3.63, 3.8) is 0 Å². The molecule has 0 amide bonds. The molecule has 4 N–H and O–H groups in total. The largest absolute Gasteiger partial charge is 0.481 e. The van der Waals surface area contributed by atoms with E-state index in [9.17, 15) is 20.1 Å². The van der Waals surface area contributed by atoms with Crippen molar-refractivity contribution < 1.29 is 30.0 Å². The summed E-state index contributed by atoms with van der Waals surface area (Å²) in [7, 11) is 0. The monoisotopic (exact) mass is 370 g/mol. The standard InChI is InChI=1S/C20H34O6/c1-2-3-4-5-6-7-9-15(21)12-13-18-17(23)14-19(26-18)16(22)10-8-11-20(24)25/h6-7,12-13,15-19,21-23H,2-5,8-11,14H2,1H3,(H,24,25)/b7-6-,13-12+/t15-,16+,17+,18+,19+/m0/s1. The predicted octanol–water partition coefficient (Wildman–Crippen LogP) is 2.56. The number of carbonyl (C=O) groups is 1. The normalized spacial score (nSPS) is 25.9. The molecule has 6 nitrogen and oxygen atoms in total. The smallest absolute Gasteiger partial charge is 0.303 e. The minimum absolute atomic E-state index is 0.00776. The molecule has 1 saturated heterocycles. The van der Waals surface area contributed by atoms with Crippen LogP contribution in [0.2, 0.25) is 0 Å². The van der Waals surface area contributed by atoms with E-state index in [2.05, 4.69) is 13.0 Å². The zero-order valence-electron chi connectivity index (χ0n) is 15.7. The number of allylic oxidation sites excluding steroid dienone is 1. The summed E-state index contributed by atoms with van der Waals surface area (Å²) in [6.45, 7) is 2.16. The van der Waals surface area contributed by atoms with E-state index in [0.717, 1.165) is 12.8 Å². The molecule has 0 aromatic carbocycles. The lowest BCUT2D eigenvalue weighted by molar-refractivity contribution is -0.137. The Morgan fingerprint density at radius 3 is 2.69 bits per heavy atom. The van der Waals surface area contributed by atoms with Crippen molar-refractivity contribution in [3.8, 4) is 0 Å². The Bertz CT molecular complexity index is 448. The second-order valence-corrected chi connectivity index (χ2v) is 6.95. The number of aliphatic hydroxyl groups excluding tert-OH is 3. The Kier molecular flexibility index (Phi) is 11.4. The summed E-state index contributed by atoms with van der Waals surface area (Å²) >= 11 is 0. The van der Waals surface area contributed by atoms with Gasteiger partial charge in [-0.05, 0) is 32.1 Å². The van der Waals surface area contributed by atoms with Crippen LogP contribution in [0.3, 0.4) is 0 Å². The van der Waals surface area contributed by atoms with Gasteiger partial charge in [-0.2, -0.15) is 0 Å². The number of carboxylic acids is 1. The molecular formula is C20H34O6. The number of hydrogen-bond donors (Lipinski definition) is 4. The van der Waals surface area contributed by atoms with E-state index in [1.807, 2.05) is 6.08 Å². The molecule has 0 aliphatic carbocycles. The van der Waals surface area contributed by atoms with Gasteiger partial charge in [0.2, 0.25) is 0 Å². The predicted molar refractivity (Wildman–Crippen MR) is 99.8 cm³/mol. The Labute approximate surface area is 156 Å². The van der Waals surface area contributed by atoms with Crippen molar-refractivity contribution in [3.05, 3.63) is 24.3 Å². The van der Waals surface area contributed by atoms with Gasteiger partial charge in [0, 0.05) is 12.8 Å². The zero-order valence-corrected chi connectivity index (χ0v) is 15.7. The summed E-state index contributed by atoms with van der Waals surface area (Å²) in [6, 6.07) is 0. The zero-order chi connectivity index (χ0) is 19.4. The molecule has 0 saturated carbocycles. The first kappa shape index (κ1) is 22.8. The van der Waals surface area contributed by atoms with Crippen LogP contribution in [-0.2, 0) is 9.53 Å². The fourth-order valence-electron chi connectivity index (χ4n) is 2.97. The highest BCUT2D eigenvalue weighted by atomic mass is 16.5. The van der Waals surface area contributed by atoms with E-state index in [4.69, 9.17) is 9.84 Å². The average Bonchev–Trinajstić information content (AvgIpc) is 2.96. The topological polar surface area (TPSA) is 107 Å². The maximum atomic E-state index is 10.5. The van der Waals surface area contributed by atoms with E-state index in [1.165, 1.54) is 12.8 Å². The number of aliphatic hydroxyl groups is 3. The highest BCUT2D eigenvalue weighted by Gasteiger charge is 2.36. The van der Waals surface area contributed by atoms with Crippen LogP contribution in [0, 0.1) is 0 Å². The minimum atomic E-state index is -0.890. The molecule has 1 fully saturated rings. The fourth-order valence-corrected chi connectivity index (χ4v) is 2.97. The molecule has 1 aliphatic rings. The van der Waals surface area contributed by atoms with Crippen LogP contribution in [0.15, 0.2) is 24.3 Å². The van der Waals surface area contributed by atoms with E-state index < -0.39 is 36.5 Å². The highest BCUT2D eigenvalue weighted by molar-refractivity contribution is 5.66. The van der Waals surface area contributed by atoms with Gasteiger partial charge in [-0.1, -0.05) is 44.1 Å². The summed E-state index contributed by atoms with van der Waals surface area (Å²) < 4.78 is 5.65. The Morgan fingerprint density at radius 1 is 1.23 bits per heavy atom. The first-order valence-electron chi connectivity index (χ1n) is 9.68. The van der Waals surface area contributed by atoms with Crippen molar-refractivity contribution in [1.82, 2.24) is 0 Å². The van der Waals surface area contributed by atoms with Crippen molar-refractivity contribution in [2.45, 2.75) is 95.2 Å². The van der Waals surface area contributed by atoms with Gasteiger partial charge in [0.05, 0.1) is 24.4 Å². The minimum Gasteiger partial charge on any atom is -0.481 e. The lowest BCUT2D eigenvalue weighted by atomic mass is 10.0. The molecule has 0 spiro atoms. The quantitative estimate of drug-likeness (QED) is 0.293. The Hall–Kier alpha value is -1.21. The van der Waals surface area contributed by atoms with Crippen LogP contribution >= 0.6 is 0 Å². The van der Waals surface area contributed by atoms with Crippen LogP contribution < -0.4 is 0 Å². The van der Waals surface area contributed by atoms with E-state index >= 15 is 0 Å². The van der Waals surface area contributed by atoms with Crippen LogP contribution in [0.1, 0.15) is 64.7 Å². The van der Waals surface area contributed by atoms with Gasteiger partial charge >= 0.3 is 5.97 Å². The van der Waals surface area contributed by atoms with Crippen molar-refractivity contribution >= 4 is 5.97 Å². The van der Waals surface area contributed by atoms with Gasteiger partial charge in [0.15, 0.2) is 0 Å². The average molecular weight is 370 g/mol. The molecule has 0 aromatic rings. The van der Waals surface area contributed by atoms with Gasteiger partial charge in [-0.25, -0.2) is 0 Å². The molecule has 5 atom stereocenters. The molecule has 1 heterocycles. The van der Waals surface area contributed by atoms with Crippen LogP contribution in [0.25, 0.3) is 0 Å². The van der Waals surface area contributed by atoms with Crippen LogP contribution in [-0.4, -0.2) is 56.9 Å². The molecular weight excluding hydrogens is 336 g/mol. The van der Waals surface area contributed by atoms with Gasteiger partial charge in [-0.3, -0.25) is 4.79 Å². The fraction of sp³-hybridized carbons (Fsp3) is 0.750. The van der Waals surface area contributed by atoms with Crippen molar-refractivity contribution in [1.29, 1.82) is 0 Å². The lowest BCUT2D eigenvalue weighted by Crippen LogP contribution is -2.26. The third-order valence-corrected chi connectivity index (χ3v) is 4.55. The maximum absolute atomic E-state index is 10.5. The number of unbranched alkanes of at least 4 members (excludes halogenated alkanes) is 3. The lowest BCUT2D eigenvalue weighted by Gasteiger charge is -2.17. The third-order valence-electron chi connectivity index (χ3n) is 4.55. The summed E-state index contributed by atoms with van der Waals surface area (Å²) in [6.07, 6.45) is 10.2. The Balaban J connectivity index is 2.31.